The van der Waals surface area contributed by atoms with Crippen LogP contribution in [0.15, 0.2) is 10.8 Å². The van der Waals surface area contributed by atoms with Crippen LogP contribution in [0.5, 0.6) is 0 Å². The number of carbonyl (C=O) groups is 2. The average molecular weight is 717 g/mol. The smallest absolute Gasteiger partial charge is 0 e. The zero-order valence-corrected chi connectivity index (χ0v) is 26.5. The van der Waals surface area contributed by atoms with Crippen molar-refractivity contribution in [2.45, 2.75) is 57.4 Å². The van der Waals surface area contributed by atoms with E-state index < -0.39 is 5.91 Å². The molecule has 1 saturated heterocycles. The van der Waals surface area contributed by atoms with Gasteiger partial charge in [0.2, 0.25) is 0 Å². The van der Waals surface area contributed by atoms with Gasteiger partial charge >= 0.3 is 211 Å². The third-order valence-corrected chi connectivity index (χ3v) is 7.06. The van der Waals surface area contributed by atoms with Gasteiger partial charge in [-0.3, -0.25) is 0 Å². The number of hydrogen-bond donors (Lipinski definition) is 2. The van der Waals surface area contributed by atoms with Crippen molar-refractivity contribution in [1.82, 2.24) is 20.0 Å². The van der Waals surface area contributed by atoms with E-state index in [1.54, 1.807) is 0 Å². The summed E-state index contributed by atoms with van der Waals surface area (Å²) < 4.78 is 2.03. The quantitative estimate of drug-likeness (QED) is 0.110. The summed E-state index contributed by atoms with van der Waals surface area (Å²) in [5.41, 5.74) is 5.43. The Morgan fingerprint density at radius 1 is 1.24 bits per heavy atom. The molecule has 1 unspecified atom stereocenters. The van der Waals surface area contributed by atoms with Crippen LogP contribution < -0.4 is 11.1 Å². The molecule has 189 valence electrons. The molecule has 1 atom stereocenters. The maximum Gasteiger partial charge on any atom is 0 e. The molecule has 8 nitrogen and oxygen atoms in total. The number of nitrogens with one attached hydrogen (secondary N) is 1. The Bertz CT molecular complexity index is 695. The van der Waals surface area contributed by atoms with Gasteiger partial charge in [0.15, 0.2) is 0 Å². The van der Waals surface area contributed by atoms with Crippen molar-refractivity contribution in [3.8, 4) is 0 Å². The van der Waals surface area contributed by atoms with E-state index in [1.165, 1.54) is 57.9 Å². The Hall–Kier alpha value is -0.428. The van der Waals surface area contributed by atoms with E-state index in [2.05, 4.69) is 27.6 Å². The predicted octanol–water partition coefficient (Wildman–Crippen LogP) is 1.11. The minimum atomic E-state index is -0.622. The maximum absolute atomic E-state index is 11.7. The molecule has 1 heterocycles. The molecule has 10 heteroatoms. The summed E-state index contributed by atoms with van der Waals surface area (Å²) in [6, 6.07) is 0.156. The van der Waals surface area contributed by atoms with Gasteiger partial charge in [0.05, 0.1) is 0 Å². The minimum absolute atomic E-state index is 0. The molecule has 1 radical (unpaired) electrons. The van der Waals surface area contributed by atoms with Crippen LogP contribution in [-0.2, 0) is 61.7 Å². The van der Waals surface area contributed by atoms with E-state index >= 15 is 0 Å². The van der Waals surface area contributed by atoms with Gasteiger partial charge in [-0.2, -0.15) is 0 Å². The number of piperidine rings is 1. The van der Waals surface area contributed by atoms with Crippen molar-refractivity contribution >= 4 is 22.6 Å². The Morgan fingerprint density at radius 2 is 1.94 bits per heavy atom. The molecule has 2 amide bonds. The van der Waals surface area contributed by atoms with Crippen LogP contribution in [0.25, 0.3) is 0 Å². The van der Waals surface area contributed by atoms with E-state index in [0.717, 1.165) is 51.3 Å². The van der Waals surface area contributed by atoms with Gasteiger partial charge in [-0.05, 0) is 0 Å². The second-order valence-corrected chi connectivity index (χ2v) is 10.1. The number of carbonyl (C=O) groups excluding carboxylic acids is 2. The number of amides is 2. The van der Waals surface area contributed by atoms with Crippen LogP contribution in [0.3, 0.4) is 0 Å². The fourth-order valence-corrected chi connectivity index (χ4v) is 5.15. The molecule has 2 rings (SSSR count). The van der Waals surface area contributed by atoms with Gasteiger partial charge in [-0.15, -0.1) is 0 Å². The summed E-state index contributed by atoms with van der Waals surface area (Å²) in [7, 11) is 4.03. The molecular formula is C24H40N6O2WY-2. The van der Waals surface area contributed by atoms with E-state index in [1.807, 2.05) is 23.4 Å². The van der Waals surface area contributed by atoms with Crippen molar-refractivity contribution in [2.75, 3.05) is 46.8 Å². The maximum atomic E-state index is 11.7. The molecule has 0 spiro atoms. The van der Waals surface area contributed by atoms with Gasteiger partial charge in [0.1, 0.15) is 0 Å². The number of amidine groups is 1. The van der Waals surface area contributed by atoms with E-state index in [9.17, 15) is 9.59 Å². The molecule has 34 heavy (non-hydrogen) atoms. The van der Waals surface area contributed by atoms with Crippen LogP contribution in [-0.4, -0.2) is 90.1 Å². The molecule has 0 bridgehead atoms. The van der Waals surface area contributed by atoms with Crippen molar-refractivity contribution in [1.29, 1.82) is 0 Å². The standard InChI is InChI=1S/C24H40N6O2.W.Y/c1-20(29-13-9-12-22(18-29)30(19-31)15-14-28(2)3)27-24(16-23(25)32)26-17-21-10-7-5-4-6-8-11-21;;/h1,4,19,21-22,26H,5-15,17-18H2,2-3H3,(H2,25,32);;/q-2;;/b27-20+;;. The summed E-state index contributed by atoms with van der Waals surface area (Å²) in [6.45, 7) is 3.93. The predicted molar refractivity (Wildman–Crippen MR) is 129 cm³/mol. The number of aliphatic imine (C=N–C) groups is 1. The van der Waals surface area contributed by atoms with E-state index in [0.29, 0.717) is 18.3 Å². The topological polar surface area (TPSA) is 94.3 Å². The Labute approximate surface area is 241 Å². The summed E-state index contributed by atoms with van der Waals surface area (Å²) in [5, 5.41) is 3.35. The van der Waals surface area contributed by atoms with Gasteiger partial charge in [-0.1, -0.05) is 0 Å². The van der Waals surface area contributed by atoms with Crippen LogP contribution in [0.1, 0.15) is 51.4 Å². The Kier molecular flexibility index (Phi) is 16.7. The largest absolute Gasteiger partial charge is 0 e. The van der Waals surface area contributed by atoms with Gasteiger partial charge in [0.25, 0.3) is 0 Å². The zero-order chi connectivity index (χ0) is 24.1. The molecule has 1 aliphatic heterocycles. The molecule has 1 saturated carbocycles. The first-order chi connectivity index (χ1) is 15.9. The number of likely N-dealkylation sites (N-methyl/N-ethyl adjacent to an activating group) is 1. The third-order valence-electron chi connectivity index (χ3n) is 6.30. The summed E-state index contributed by atoms with van der Waals surface area (Å²) in [6.07, 6.45) is 15.2. The first-order valence-corrected chi connectivity index (χ1v) is 13.8. The van der Waals surface area contributed by atoms with Crippen LogP contribution in [0.2, 0.25) is 0 Å². The molecule has 3 N–H and O–H groups in total. The third kappa shape index (κ3) is 12.0. The summed E-state index contributed by atoms with van der Waals surface area (Å²) in [4.78, 5) is 34.3. The SMILES string of the molecule is CN(C)CCN(C=O)C1CCCN(/C([CH]=[W])=N/C(=[C-]C(N)=O)NCC2CCC[CH-]CCC2)C1.[Y]. The van der Waals surface area contributed by atoms with Gasteiger partial charge < -0.3 is 0 Å². The van der Waals surface area contributed by atoms with Gasteiger partial charge in [-0.25, -0.2) is 0 Å². The molecule has 2 aliphatic rings. The fraction of sp³-hybridized carbons (Fsp3) is 0.708. The molecular weight excluding hydrogens is 677 g/mol. The second-order valence-electron chi connectivity index (χ2n) is 9.21. The summed E-state index contributed by atoms with van der Waals surface area (Å²) >= 11 is 1.28. The first-order valence-electron chi connectivity index (χ1n) is 12.1. The number of rotatable bonds is 11. The molecule has 1 aliphatic carbocycles. The fourth-order valence-electron chi connectivity index (χ4n) is 4.42. The number of primary amides is 1. The second kappa shape index (κ2) is 17.9. The number of nitrogens with zero attached hydrogens (tertiary/aromatic N) is 4. The molecule has 0 aromatic rings. The van der Waals surface area contributed by atoms with E-state index in [-0.39, 0.29) is 38.8 Å². The number of nitrogens with two attached hydrogens (primary N) is 1. The molecule has 0 aromatic carbocycles. The Balaban J connectivity index is 0.00000578. The summed E-state index contributed by atoms with van der Waals surface area (Å²) in [5.74, 6) is 1.17. The van der Waals surface area contributed by atoms with Crippen LogP contribution >= 0.6 is 0 Å². The van der Waals surface area contributed by atoms with Crippen molar-refractivity contribution < 1.29 is 61.7 Å². The monoisotopic (exact) mass is 717 g/mol. The molecule has 2 fully saturated rings. The molecule has 0 aromatic heterocycles. The van der Waals surface area contributed by atoms with Crippen molar-refractivity contribution in [3.05, 3.63) is 18.3 Å². The first kappa shape index (κ1) is 31.6. The van der Waals surface area contributed by atoms with Crippen molar-refractivity contribution in [2.24, 2.45) is 16.6 Å². The number of hydrogen-bond acceptors (Lipinski definition) is 5. The average Bonchev–Trinajstić information content (AvgIpc) is 2.76. The Morgan fingerprint density at radius 3 is 2.53 bits per heavy atom. The normalized spacial score (nSPS) is 20.7. The number of likely N-dealkylation sites (tertiary alicyclic amines) is 1. The minimum Gasteiger partial charge on any atom is 0 e. The van der Waals surface area contributed by atoms with Crippen molar-refractivity contribution in [3.63, 3.8) is 0 Å². The zero-order valence-electron chi connectivity index (χ0n) is 20.7. The van der Waals surface area contributed by atoms with Crippen LogP contribution in [0.4, 0.5) is 0 Å². The van der Waals surface area contributed by atoms with E-state index in [4.69, 9.17) is 10.7 Å². The van der Waals surface area contributed by atoms with Crippen LogP contribution in [0, 0.1) is 18.4 Å². The van der Waals surface area contributed by atoms with Gasteiger partial charge in [0, 0.05) is 32.7 Å².